The number of nitrogens with zero attached hydrogens (tertiary/aromatic N) is 2. The van der Waals surface area contributed by atoms with E-state index >= 15 is 0 Å². The molecule has 98 valence electrons. The Morgan fingerprint density at radius 2 is 2.19 bits per heavy atom. The average molecular weight is 274 g/mol. The van der Waals surface area contributed by atoms with Crippen molar-refractivity contribution in [3.05, 3.63) is 0 Å². The fraction of sp³-hybridized carbons (Fsp3) is 1.00. The summed E-state index contributed by atoms with van der Waals surface area (Å²) in [4.78, 5) is 0. The van der Waals surface area contributed by atoms with E-state index < -0.39 is 10.2 Å². The molecule has 1 rings (SSSR count). The lowest BCUT2D eigenvalue weighted by atomic mass is 10.3. The normalized spacial score (nSPS) is 23.1. The van der Waals surface area contributed by atoms with Crippen molar-refractivity contribution in [2.24, 2.45) is 5.73 Å². The fourth-order valence-electron chi connectivity index (χ4n) is 1.40. The molecule has 0 radical (unpaired) electrons. The molecule has 6 nitrogen and oxygen atoms in total. The van der Waals surface area contributed by atoms with Gasteiger partial charge in [-0.2, -0.15) is 17.0 Å². The number of morpholine rings is 1. The molecule has 8 heteroatoms. The molecule has 16 heavy (non-hydrogen) atoms. The first kappa shape index (κ1) is 16.1. The standard InChI is InChI=1S/C8H19N3O3S.ClH/c1-3-10(2)15(12,13)11-4-5-14-8(6-9)7-11;/h8H,3-7,9H2,1-2H3;1H. The molecule has 0 aliphatic carbocycles. The maximum atomic E-state index is 11.9. The van der Waals surface area contributed by atoms with Crippen LogP contribution in [0.3, 0.4) is 0 Å². The summed E-state index contributed by atoms with van der Waals surface area (Å²) >= 11 is 0. The van der Waals surface area contributed by atoms with Crippen LogP contribution in [0.25, 0.3) is 0 Å². The lowest BCUT2D eigenvalue weighted by Crippen LogP contribution is -2.51. The molecule has 1 saturated heterocycles. The van der Waals surface area contributed by atoms with E-state index in [9.17, 15) is 8.42 Å². The van der Waals surface area contributed by atoms with Gasteiger partial charge in [-0.25, -0.2) is 0 Å². The van der Waals surface area contributed by atoms with Crippen LogP contribution in [0.5, 0.6) is 0 Å². The molecular formula is C8H20ClN3O3S. The van der Waals surface area contributed by atoms with E-state index in [0.717, 1.165) is 0 Å². The number of ether oxygens (including phenoxy) is 1. The monoisotopic (exact) mass is 273 g/mol. The van der Waals surface area contributed by atoms with Crippen LogP contribution in [0.2, 0.25) is 0 Å². The summed E-state index contributed by atoms with van der Waals surface area (Å²) in [5.74, 6) is 0. The van der Waals surface area contributed by atoms with E-state index in [1.807, 2.05) is 0 Å². The molecular weight excluding hydrogens is 254 g/mol. The maximum Gasteiger partial charge on any atom is 0.281 e. The van der Waals surface area contributed by atoms with Gasteiger partial charge in [-0.15, -0.1) is 12.4 Å². The molecule has 1 unspecified atom stereocenters. The zero-order valence-electron chi connectivity index (χ0n) is 9.63. The summed E-state index contributed by atoms with van der Waals surface area (Å²) in [6.07, 6.45) is -0.182. The minimum absolute atomic E-state index is 0. The zero-order valence-corrected chi connectivity index (χ0v) is 11.3. The molecule has 2 N–H and O–H groups in total. The van der Waals surface area contributed by atoms with Crippen LogP contribution in [-0.2, 0) is 14.9 Å². The molecule has 1 atom stereocenters. The molecule has 0 saturated carbocycles. The van der Waals surface area contributed by atoms with Crippen LogP contribution >= 0.6 is 12.4 Å². The predicted octanol–water partition coefficient (Wildman–Crippen LogP) is -0.736. The first-order chi connectivity index (χ1) is 7.02. The van der Waals surface area contributed by atoms with Gasteiger partial charge in [0.2, 0.25) is 0 Å². The average Bonchev–Trinajstić information content (AvgIpc) is 2.27. The quantitative estimate of drug-likeness (QED) is 0.732. The third-order valence-electron chi connectivity index (χ3n) is 2.53. The van der Waals surface area contributed by atoms with Crippen molar-refractivity contribution >= 4 is 22.6 Å². The van der Waals surface area contributed by atoms with Crippen molar-refractivity contribution < 1.29 is 13.2 Å². The van der Waals surface area contributed by atoms with Crippen molar-refractivity contribution in [3.63, 3.8) is 0 Å². The van der Waals surface area contributed by atoms with Crippen LogP contribution in [-0.4, -0.2) is 63.0 Å². The fourth-order valence-corrected chi connectivity index (χ4v) is 2.79. The number of rotatable bonds is 4. The Morgan fingerprint density at radius 1 is 1.56 bits per heavy atom. The Labute approximate surface area is 103 Å². The summed E-state index contributed by atoms with van der Waals surface area (Å²) in [5.41, 5.74) is 5.46. The number of nitrogens with two attached hydrogens (primary N) is 1. The lowest BCUT2D eigenvalue weighted by molar-refractivity contribution is 0.00299. The third-order valence-corrected chi connectivity index (χ3v) is 4.56. The van der Waals surface area contributed by atoms with Gasteiger partial charge in [0.1, 0.15) is 0 Å². The van der Waals surface area contributed by atoms with E-state index in [2.05, 4.69) is 0 Å². The topological polar surface area (TPSA) is 75.9 Å². The second-order valence-electron chi connectivity index (χ2n) is 3.51. The number of halogens is 1. The highest BCUT2D eigenvalue weighted by atomic mass is 35.5. The highest BCUT2D eigenvalue weighted by Gasteiger charge is 2.31. The van der Waals surface area contributed by atoms with Crippen LogP contribution in [0.15, 0.2) is 0 Å². The van der Waals surface area contributed by atoms with Gasteiger partial charge in [-0.05, 0) is 0 Å². The van der Waals surface area contributed by atoms with Gasteiger partial charge in [0.15, 0.2) is 0 Å². The first-order valence-corrected chi connectivity index (χ1v) is 6.45. The van der Waals surface area contributed by atoms with Crippen LogP contribution in [0, 0.1) is 0 Å². The van der Waals surface area contributed by atoms with E-state index in [4.69, 9.17) is 10.5 Å². The molecule has 0 aromatic carbocycles. The second kappa shape index (κ2) is 6.73. The number of hydrogen-bond acceptors (Lipinski definition) is 4. The van der Waals surface area contributed by atoms with Crippen molar-refractivity contribution in [2.75, 3.05) is 39.8 Å². The first-order valence-electron chi connectivity index (χ1n) is 5.05. The van der Waals surface area contributed by atoms with Gasteiger partial charge in [-0.1, -0.05) is 6.92 Å². The van der Waals surface area contributed by atoms with E-state index in [-0.39, 0.29) is 18.5 Å². The molecule has 0 bridgehead atoms. The Hall–Kier alpha value is 0.0800. The molecule has 1 fully saturated rings. The smallest absolute Gasteiger partial charge is 0.281 e. The van der Waals surface area contributed by atoms with Gasteiger partial charge < -0.3 is 10.5 Å². The zero-order chi connectivity index (χ0) is 11.5. The molecule has 1 aliphatic heterocycles. The van der Waals surface area contributed by atoms with Gasteiger partial charge in [0, 0.05) is 33.2 Å². The summed E-state index contributed by atoms with van der Waals surface area (Å²) < 4.78 is 31.9. The molecule has 0 aromatic heterocycles. The van der Waals surface area contributed by atoms with Crippen molar-refractivity contribution in [1.82, 2.24) is 8.61 Å². The Balaban J connectivity index is 0.00000225. The van der Waals surface area contributed by atoms with Crippen LogP contribution < -0.4 is 5.73 Å². The molecule has 0 amide bonds. The van der Waals surface area contributed by atoms with Crippen molar-refractivity contribution in [3.8, 4) is 0 Å². The highest BCUT2D eigenvalue weighted by Crippen LogP contribution is 2.11. The molecule has 1 heterocycles. The molecule has 1 aliphatic rings. The Bertz CT molecular complexity index is 299. The summed E-state index contributed by atoms with van der Waals surface area (Å²) in [6.45, 7) is 3.79. The Kier molecular flexibility index (Phi) is 6.76. The maximum absolute atomic E-state index is 11.9. The van der Waals surface area contributed by atoms with E-state index in [1.54, 1.807) is 14.0 Å². The van der Waals surface area contributed by atoms with E-state index in [1.165, 1.54) is 8.61 Å². The van der Waals surface area contributed by atoms with Gasteiger partial charge in [0.25, 0.3) is 10.2 Å². The van der Waals surface area contributed by atoms with Gasteiger partial charge >= 0.3 is 0 Å². The minimum atomic E-state index is -3.32. The Morgan fingerprint density at radius 3 is 2.69 bits per heavy atom. The summed E-state index contributed by atoms with van der Waals surface area (Å²) in [7, 11) is -1.75. The lowest BCUT2D eigenvalue weighted by Gasteiger charge is -2.33. The van der Waals surface area contributed by atoms with E-state index in [0.29, 0.717) is 32.8 Å². The summed E-state index contributed by atoms with van der Waals surface area (Å²) in [6, 6.07) is 0. The summed E-state index contributed by atoms with van der Waals surface area (Å²) in [5, 5.41) is 0. The molecule has 0 aromatic rings. The predicted molar refractivity (Wildman–Crippen MR) is 64.8 cm³/mol. The van der Waals surface area contributed by atoms with Crippen molar-refractivity contribution in [2.45, 2.75) is 13.0 Å². The van der Waals surface area contributed by atoms with Gasteiger partial charge in [0.05, 0.1) is 12.7 Å². The van der Waals surface area contributed by atoms with Crippen LogP contribution in [0.1, 0.15) is 6.92 Å². The molecule has 0 spiro atoms. The third kappa shape index (κ3) is 3.54. The SMILES string of the molecule is CCN(C)S(=O)(=O)N1CCOC(CN)C1.Cl. The van der Waals surface area contributed by atoms with Crippen molar-refractivity contribution in [1.29, 1.82) is 0 Å². The van der Waals surface area contributed by atoms with Gasteiger partial charge in [-0.3, -0.25) is 0 Å². The highest BCUT2D eigenvalue weighted by molar-refractivity contribution is 7.86. The minimum Gasteiger partial charge on any atom is -0.374 e. The largest absolute Gasteiger partial charge is 0.374 e. The second-order valence-corrected chi connectivity index (χ2v) is 5.54. The number of hydrogen-bond donors (Lipinski definition) is 1. The van der Waals surface area contributed by atoms with Crippen LogP contribution in [0.4, 0.5) is 0 Å².